The van der Waals surface area contributed by atoms with Crippen molar-refractivity contribution >= 4 is 43.5 Å². The molecule has 0 saturated carbocycles. The molecule has 1 aliphatic heterocycles. The normalized spacial score (nSPS) is 23.3. The van der Waals surface area contributed by atoms with E-state index >= 15 is 0 Å². The number of aromatic nitrogens is 2. The van der Waals surface area contributed by atoms with Crippen molar-refractivity contribution in [2.75, 3.05) is 17.8 Å². The van der Waals surface area contributed by atoms with Gasteiger partial charge in [-0.3, -0.25) is 9.13 Å². The molecule has 1 unspecified atom stereocenters. The van der Waals surface area contributed by atoms with Gasteiger partial charge in [0.05, 0.1) is 23.9 Å². The molecule has 14 nitrogen and oxygen atoms in total. The Hall–Kier alpha value is -2.84. The number of aliphatic hydroxyl groups is 2. The van der Waals surface area contributed by atoms with Crippen molar-refractivity contribution in [3.8, 4) is 12.1 Å². The Morgan fingerprint density at radius 1 is 1.15 bits per heavy atom. The smallest absolute Gasteiger partial charge is 0.340 e. The van der Waals surface area contributed by atoms with Crippen LogP contribution in [0, 0.1) is 22.7 Å². The van der Waals surface area contributed by atoms with Crippen molar-refractivity contribution in [2.45, 2.75) is 37.5 Å². The van der Waals surface area contributed by atoms with E-state index in [0.717, 1.165) is 5.56 Å². The zero-order valence-electron chi connectivity index (χ0n) is 20.7. The van der Waals surface area contributed by atoms with Crippen LogP contribution in [-0.2, 0) is 18.4 Å². The van der Waals surface area contributed by atoms with Crippen LogP contribution in [0.25, 0.3) is 11.0 Å². The molecule has 0 amide bonds. The standard InChI is InChI=1S/C23H24ClN5O9P2/c1-12(14-4-2-13(8-25)3-5-14)27-18-15-6-7-29(22(15)28-21(24)16(18)9-26)23-20(31)19(30)17(38-23)10-37-40(35,36)11-39(32,33)34/h2-7,12,17,19-20,23,30-31H,10-11H2,1H3,(H,27,28)(H,35,36)(H2,32,33,34)/t12-,17-,19-,20-,23-/m1/s1. The summed E-state index contributed by atoms with van der Waals surface area (Å²) in [6.45, 7) is 1.10. The minimum atomic E-state index is -4.86. The third kappa shape index (κ3) is 6.39. The van der Waals surface area contributed by atoms with E-state index in [1.165, 1.54) is 10.8 Å². The third-order valence-corrected chi connectivity index (χ3v) is 9.97. The summed E-state index contributed by atoms with van der Waals surface area (Å²) in [6.07, 6.45) is -4.27. The van der Waals surface area contributed by atoms with Gasteiger partial charge in [-0.1, -0.05) is 23.7 Å². The molecule has 0 bridgehead atoms. The first-order valence-electron chi connectivity index (χ1n) is 11.6. The van der Waals surface area contributed by atoms with E-state index in [2.05, 4.69) is 10.3 Å². The molecular formula is C23H24ClN5O9P2. The van der Waals surface area contributed by atoms with Crippen molar-refractivity contribution in [3.63, 3.8) is 0 Å². The summed E-state index contributed by atoms with van der Waals surface area (Å²) in [5.74, 6) is -1.42. The third-order valence-electron chi connectivity index (χ3n) is 6.24. The van der Waals surface area contributed by atoms with Crippen LogP contribution in [-0.4, -0.2) is 65.3 Å². The quantitative estimate of drug-likeness (QED) is 0.151. The van der Waals surface area contributed by atoms with Crippen LogP contribution < -0.4 is 5.32 Å². The van der Waals surface area contributed by atoms with Crippen LogP contribution >= 0.6 is 26.8 Å². The number of nitrogens with one attached hydrogen (secondary N) is 1. The predicted molar refractivity (Wildman–Crippen MR) is 141 cm³/mol. The fourth-order valence-electron chi connectivity index (χ4n) is 4.30. The maximum atomic E-state index is 12.0. The second kappa shape index (κ2) is 11.6. The van der Waals surface area contributed by atoms with Crippen molar-refractivity contribution in [3.05, 3.63) is 58.4 Å². The highest BCUT2D eigenvalue weighted by Gasteiger charge is 2.45. The molecule has 17 heteroatoms. The largest absolute Gasteiger partial charge is 0.387 e. The van der Waals surface area contributed by atoms with Gasteiger partial charge in [0, 0.05) is 17.6 Å². The molecule has 0 radical (unpaired) electrons. The number of pyridine rings is 1. The SMILES string of the molecule is C[C@@H](Nc1c(C#N)c(Cl)nc2c1ccn2[C@@H]1O[C@H](COP(=O)(O)CP(=O)(O)O)[C@@H](O)[C@H]1O)c1ccc(C#N)cc1. The highest BCUT2D eigenvalue weighted by atomic mass is 35.5. The van der Waals surface area contributed by atoms with Crippen LogP contribution in [0.5, 0.6) is 0 Å². The van der Waals surface area contributed by atoms with E-state index < -0.39 is 52.2 Å². The molecule has 0 aliphatic carbocycles. The van der Waals surface area contributed by atoms with Gasteiger partial charge in [-0.25, -0.2) is 4.98 Å². The Morgan fingerprint density at radius 3 is 2.42 bits per heavy atom. The minimum absolute atomic E-state index is 0.0652. The summed E-state index contributed by atoms with van der Waals surface area (Å²) in [5, 5.41) is 43.5. The second-order valence-electron chi connectivity index (χ2n) is 9.11. The van der Waals surface area contributed by atoms with Crippen LogP contribution in [0.15, 0.2) is 36.5 Å². The summed E-state index contributed by atoms with van der Waals surface area (Å²) in [6, 6.07) is 12.2. The zero-order valence-corrected chi connectivity index (χ0v) is 23.2. The van der Waals surface area contributed by atoms with Gasteiger partial charge < -0.3 is 44.0 Å². The van der Waals surface area contributed by atoms with Crippen LogP contribution in [0.3, 0.4) is 0 Å². The Kier molecular flexibility index (Phi) is 8.71. The van der Waals surface area contributed by atoms with E-state index in [1.54, 1.807) is 30.3 Å². The fraction of sp³-hybridized carbons (Fsp3) is 0.348. The number of nitrogens with zero attached hydrogens (tertiary/aromatic N) is 4. The average Bonchev–Trinajstić information content (AvgIpc) is 3.41. The monoisotopic (exact) mass is 611 g/mol. The van der Waals surface area contributed by atoms with Gasteiger partial charge in [-0.2, -0.15) is 10.5 Å². The van der Waals surface area contributed by atoms with Gasteiger partial charge in [0.25, 0.3) is 0 Å². The first-order valence-corrected chi connectivity index (χ1v) is 15.6. The van der Waals surface area contributed by atoms with Crippen LogP contribution in [0.4, 0.5) is 5.69 Å². The Morgan fingerprint density at radius 2 is 1.82 bits per heavy atom. The topological polar surface area (TPSA) is 231 Å². The number of hydrogen-bond donors (Lipinski definition) is 6. The molecule has 1 fully saturated rings. The predicted octanol–water partition coefficient (Wildman–Crippen LogP) is 2.56. The summed E-state index contributed by atoms with van der Waals surface area (Å²) in [4.78, 5) is 31.9. The molecule has 4 rings (SSSR count). The van der Waals surface area contributed by atoms with E-state index in [4.69, 9.17) is 35.9 Å². The number of aliphatic hydroxyl groups excluding tert-OH is 2. The maximum absolute atomic E-state index is 12.0. The molecule has 2 aromatic heterocycles. The van der Waals surface area contributed by atoms with Crippen molar-refractivity contribution in [1.82, 2.24) is 9.55 Å². The lowest BCUT2D eigenvalue weighted by Crippen LogP contribution is -2.33. The molecule has 3 aromatic rings. The van der Waals surface area contributed by atoms with Crippen LogP contribution in [0.1, 0.15) is 35.9 Å². The summed E-state index contributed by atoms with van der Waals surface area (Å²) in [7, 11) is -9.59. The number of ether oxygens (including phenoxy) is 1. The number of halogens is 1. The van der Waals surface area contributed by atoms with Gasteiger partial charge in [0.2, 0.25) is 0 Å². The van der Waals surface area contributed by atoms with Crippen LogP contribution in [0.2, 0.25) is 5.15 Å². The molecule has 6 atom stereocenters. The van der Waals surface area contributed by atoms with E-state index in [0.29, 0.717) is 16.6 Å². The lowest BCUT2D eigenvalue weighted by Gasteiger charge is -2.20. The number of benzene rings is 1. The summed E-state index contributed by atoms with van der Waals surface area (Å²) >= 11 is 6.34. The minimum Gasteiger partial charge on any atom is -0.387 e. The molecule has 1 aromatic carbocycles. The van der Waals surface area contributed by atoms with Crippen molar-refractivity contribution < 1.29 is 43.3 Å². The molecule has 1 aliphatic rings. The molecule has 212 valence electrons. The highest BCUT2D eigenvalue weighted by molar-refractivity contribution is 7.70. The van der Waals surface area contributed by atoms with Crippen molar-refractivity contribution in [2.24, 2.45) is 0 Å². The molecule has 1 saturated heterocycles. The maximum Gasteiger partial charge on any atom is 0.340 e. The Labute approximate surface area is 232 Å². The van der Waals surface area contributed by atoms with E-state index in [1.807, 2.05) is 19.1 Å². The van der Waals surface area contributed by atoms with Gasteiger partial charge >= 0.3 is 15.2 Å². The first kappa shape index (κ1) is 30.1. The van der Waals surface area contributed by atoms with E-state index in [9.17, 15) is 29.5 Å². The highest BCUT2D eigenvalue weighted by Crippen LogP contribution is 2.55. The van der Waals surface area contributed by atoms with Gasteiger partial charge in [-0.15, -0.1) is 0 Å². The summed E-state index contributed by atoms with van der Waals surface area (Å²) < 4.78 is 34.8. The van der Waals surface area contributed by atoms with Crippen molar-refractivity contribution in [1.29, 1.82) is 10.5 Å². The van der Waals surface area contributed by atoms with E-state index in [-0.39, 0.29) is 22.4 Å². The second-order valence-corrected chi connectivity index (χ2v) is 13.5. The number of nitriles is 2. The Bertz CT molecular complexity index is 1600. The first-order chi connectivity index (χ1) is 18.7. The van der Waals surface area contributed by atoms with Gasteiger partial charge in [0.15, 0.2) is 17.3 Å². The van der Waals surface area contributed by atoms with Gasteiger partial charge in [0.1, 0.15) is 35.6 Å². The number of rotatable bonds is 9. The lowest BCUT2D eigenvalue weighted by molar-refractivity contribution is -0.0481. The Balaban J connectivity index is 1.62. The number of hydrogen-bond acceptors (Lipinski definition) is 10. The number of anilines is 1. The molecule has 0 spiro atoms. The summed E-state index contributed by atoms with van der Waals surface area (Å²) in [5.41, 5.74) is 1.91. The van der Waals surface area contributed by atoms with Gasteiger partial charge in [-0.05, 0) is 30.7 Å². The fourth-order valence-corrected chi connectivity index (χ4v) is 7.09. The average molecular weight is 612 g/mol. The molecule has 3 heterocycles. The lowest BCUT2D eigenvalue weighted by atomic mass is 10.1. The molecule has 40 heavy (non-hydrogen) atoms. The molecule has 6 N–H and O–H groups in total. The number of fused-ring (bicyclic) bond motifs is 1. The zero-order chi connectivity index (χ0) is 29.4. The molecular weight excluding hydrogens is 588 g/mol.